The lowest BCUT2D eigenvalue weighted by Gasteiger charge is -2.43. The minimum Gasteiger partial charge on any atom is -0.480 e. The number of aliphatic carboxylic acids is 2. The SMILES string of the molecule is CC(O)[C@H]1C(=O)N2C(C(=O)O)=C(CC(N)C(=O)O)S[C@H]12. The fourth-order valence-corrected chi connectivity index (χ4v) is 3.95. The molecule has 0 aromatic rings. The molecule has 20 heavy (non-hydrogen) atoms. The molecule has 1 amide bonds. The van der Waals surface area contributed by atoms with E-state index in [0.29, 0.717) is 0 Å². The van der Waals surface area contributed by atoms with Crippen LogP contribution < -0.4 is 5.73 Å². The number of fused-ring (bicyclic) bond motifs is 1. The Kier molecular flexibility index (Phi) is 3.76. The number of amides is 1. The molecule has 1 fully saturated rings. The lowest BCUT2D eigenvalue weighted by Crippen LogP contribution is -2.60. The quantitative estimate of drug-likeness (QED) is 0.474. The van der Waals surface area contributed by atoms with Crippen molar-refractivity contribution in [3.05, 3.63) is 10.6 Å². The van der Waals surface area contributed by atoms with Crippen LogP contribution >= 0.6 is 11.8 Å². The number of carboxylic acid groups (broad SMARTS) is 2. The zero-order valence-electron chi connectivity index (χ0n) is 10.5. The van der Waals surface area contributed by atoms with E-state index in [1.54, 1.807) is 0 Å². The summed E-state index contributed by atoms with van der Waals surface area (Å²) in [6.07, 6.45) is -1.05. The Morgan fingerprint density at radius 1 is 1.45 bits per heavy atom. The number of carbonyl (C=O) groups is 3. The van der Waals surface area contributed by atoms with E-state index in [1.807, 2.05) is 0 Å². The molecule has 1 saturated heterocycles. The van der Waals surface area contributed by atoms with Crippen molar-refractivity contribution in [2.45, 2.75) is 30.9 Å². The molecule has 4 atom stereocenters. The minimum atomic E-state index is -1.30. The topological polar surface area (TPSA) is 141 Å². The lowest BCUT2D eigenvalue weighted by atomic mass is 9.92. The van der Waals surface area contributed by atoms with Gasteiger partial charge in [0.15, 0.2) is 0 Å². The molecule has 9 heteroatoms. The summed E-state index contributed by atoms with van der Waals surface area (Å²) in [5.41, 5.74) is 5.18. The molecule has 2 unspecified atom stereocenters. The monoisotopic (exact) mass is 302 g/mol. The fourth-order valence-electron chi connectivity index (χ4n) is 2.28. The van der Waals surface area contributed by atoms with Gasteiger partial charge in [-0.15, -0.1) is 11.8 Å². The molecule has 8 nitrogen and oxygen atoms in total. The van der Waals surface area contributed by atoms with Gasteiger partial charge < -0.3 is 21.1 Å². The van der Waals surface area contributed by atoms with Gasteiger partial charge >= 0.3 is 11.9 Å². The van der Waals surface area contributed by atoms with Crippen LogP contribution in [-0.2, 0) is 14.4 Å². The molecule has 0 radical (unpaired) electrons. The molecule has 5 N–H and O–H groups in total. The van der Waals surface area contributed by atoms with Crippen LogP contribution in [-0.4, -0.2) is 55.6 Å². The zero-order chi connectivity index (χ0) is 15.2. The van der Waals surface area contributed by atoms with Crippen LogP contribution in [0.3, 0.4) is 0 Å². The lowest BCUT2D eigenvalue weighted by molar-refractivity contribution is -0.156. The first kappa shape index (κ1) is 14.8. The Morgan fingerprint density at radius 2 is 2.05 bits per heavy atom. The Labute approximate surface area is 118 Å². The first-order valence-electron chi connectivity index (χ1n) is 5.88. The smallest absolute Gasteiger partial charge is 0.353 e. The summed E-state index contributed by atoms with van der Waals surface area (Å²) < 4.78 is 0. The van der Waals surface area contributed by atoms with Crippen LogP contribution in [0.2, 0.25) is 0 Å². The number of thioether (sulfide) groups is 1. The van der Waals surface area contributed by atoms with E-state index >= 15 is 0 Å². The number of aliphatic hydroxyl groups excluding tert-OH is 1. The van der Waals surface area contributed by atoms with Gasteiger partial charge in [0.05, 0.1) is 12.0 Å². The zero-order valence-corrected chi connectivity index (χ0v) is 11.3. The van der Waals surface area contributed by atoms with Crippen LogP contribution in [0.15, 0.2) is 10.6 Å². The highest BCUT2D eigenvalue weighted by molar-refractivity contribution is 8.04. The van der Waals surface area contributed by atoms with E-state index in [9.17, 15) is 24.6 Å². The van der Waals surface area contributed by atoms with Gasteiger partial charge in [0.1, 0.15) is 17.1 Å². The molecule has 2 heterocycles. The minimum absolute atomic E-state index is 0.158. The maximum Gasteiger partial charge on any atom is 0.353 e. The van der Waals surface area contributed by atoms with Crippen LogP contribution in [0, 0.1) is 5.92 Å². The molecular formula is C11H14N2O6S. The number of carboxylic acids is 2. The standard InChI is InChI=1S/C11H14N2O6S/c1-3(14)6-8(15)13-7(11(18)19)5(20-9(6)13)2-4(12)10(16)17/h3-4,6,9,14H,2,12H2,1H3,(H,16,17)(H,18,19)/t3?,4?,6-,9+/m0/s1. The predicted octanol–water partition coefficient (Wildman–Crippen LogP) is -1.00. The van der Waals surface area contributed by atoms with Crippen molar-refractivity contribution < 1.29 is 29.7 Å². The molecule has 2 aliphatic heterocycles. The average molecular weight is 302 g/mol. The maximum absolute atomic E-state index is 11.9. The van der Waals surface area contributed by atoms with E-state index in [2.05, 4.69) is 0 Å². The Balaban J connectivity index is 2.26. The number of rotatable bonds is 5. The van der Waals surface area contributed by atoms with Gasteiger partial charge in [-0.1, -0.05) is 0 Å². The van der Waals surface area contributed by atoms with Gasteiger partial charge in [-0.05, 0) is 6.92 Å². The van der Waals surface area contributed by atoms with Gasteiger partial charge in [0.25, 0.3) is 0 Å². The Hall–Kier alpha value is -1.58. The third kappa shape index (κ3) is 2.17. The summed E-state index contributed by atoms with van der Waals surface area (Å²) in [5, 5.41) is 27.0. The number of nitrogens with zero attached hydrogens (tertiary/aromatic N) is 1. The molecular weight excluding hydrogens is 288 g/mol. The highest BCUT2D eigenvalue weighted by Gasteiger charge is 2.57. The summed E-state index contributed by atoms with van der Waals surface area (Å²) in [5.74, 6) is -3.68. The van der Waals surface area contributed by atoms with Crippen molar-refractivity contribution in [2.24, 2.45) is 11.7 Å². The first-order chi connectivity index (χ1) is 9.25. The van der Waals surface area contributed by atoms with Crippen molar-refractivity contribution in [3.8, 4) is 0 Å². The summed E-state index contributed by atoms with van der Waals surface area (Å²) >= 11 is 1.08. The van der Waals surface area contributed by atoms with Gasteiger partial charge in [0, 0.05) is 11.3 Å². The molecule has 0 aliphatic carbocycles. The van der Waals surface area contributed by atoms with Crippen LogP contribution in [0.4, 0.5) is 0 Å². The molecule has 0 aromatic carbocycles. The van der Waals surface area contributed by atoms with E-state index in [1.165, 1.54) is 6.92 Å². The summed E-state index contributed by atoms with van der Waals surface area (Å²) in [7, 11) is 0. The number of hydrogen-bond acceptors (Lipinski definition) is 6. The first-order valence-corrected chi connectivity index (χ1v) is 6.76. The van der Waals surface area contributed by atoms with E-state index in [4.69, 9.17) is 10.8 Å². The number of nitrogens with two attached hydrogens (primary N) is 1. The number of carbonyl (C=O) groups excluding carboxylic acids is 1. The van der Waals surface area contributed by atoms with Crippen molar-refractivity contribution in [3.63, 3.8) is 0 Å². The molecule has 0 spiro atoms. The number of aliphatic hydroxyl groups is 1. The normalized spacial score (nSPS) is 27.9. The van der Waals surface area contributed by atoms with Gasteiger partial charge in [-0.2, -0.15) is 0 Å². The van der Waals surface area contributed by atoms with E-state index in [-0.39, 0.29) is 17.0 Å². The highest BCUT2D eigenvalue weighted by Crippen LogP contribution is 2.51. The average Bonchev–Trinajstić information content (AvgIpc) is 2.63. The molecule has 2 aliphatic rings. The second-order valence-electron chi connectivity index (χ2n) is 4.71. The van der Waals surface area contributed by atoms with Gasteiger partial charge in [-0.3, -0.25) is 14.5 Å². The van der Waals surface area contributed by atoms with Crippen molar-refractivity contribution in [1.29, 1.82) is 0 Å². The summed E-state index contributed by atoms with van der Waals surface area (Å²) in [6, 6.07) is -1.23. The van der Waals surface area contributed by atoms with Gasteiger partial charge in [0.2, 0.25) is 5.91 Å². The third-order valence-corrected chi connectivity index (χ3v) is 4.69. The van der Waals surface area contributed by atoms with Gasteiger partial charge in [-0.25, -0.2) is 4.79 Å². The highest BCUT2D eigenvalue weighted by atomic mass is 32.2. The van der Waals surface area contributed by atoms with Crippen molar-refractivity contribution >= 4 is 29.6 Å². The molecule has 0 bridgehead atoms. The fraction of sp³-hybridized carbons (Fsp3) is 0.545. The molecule has 0 aromatic heterocycles. The molecule has 0 saturated carbocycles. The van der Waals surface area contributed by atoms with E-state index in [0.717, 1.165) is 16.7 Å². The number of β-lactam (4-membered cyclic amide) rings is 1. The van der Waals surface area contributed by atoms with Crippen LogP contribution in [0.1, 0.15) is 13.3 Å². The second-order valence-corrected chi connectivity index (χ2v) is 5.92. The predicted molar refractivity (Wildman–Crippen MR) is 68.3 cm³/mol. The van der Waals surface area contributed by atoms with E-state index < -0.39 is 41.3 Å². The van der Waals surface area contributed by atoms with Crippen LogP contribution in [0.25, 0.3) is 0 Å². The van der Waals surface area contributed by atoms with Crippen molar-refractivity contribution in [2.75, 3.05) is 0 Å². The Bertz CT molecular complexity index is 517. The van der Waals surface area contributed by atoms with Crippen LogP contribution in [0.5, 0.6) is 0 Å². The largest absolute Gasteiger partial charge is 0.480 e. The van der Waals surface area contributed by atoms with Crippen molar-refractivity contribution in [1.82, 2.24) is 4.90 Å². The number of hydrogen-bond donors (Lipinski definition) is 4. The third-order valence-electron chi connectivity index (χ3n) is 3.30. The molecule has 110 valence electrons. The molecule has 2 rings (SSSR count). The summed E-state index contributed by atoms with van der Waals surface area (Å²) in [6.45, 7) is 1.46. The Morgan fingerprint density at radius 3 is 2.50 bits per heavy atom. The summed E-state index contributed by atoms with van der Waals surface area (Å²) in [4.78, 5) is 35.2. The maximum atomic E-state index is 11.9. The second kappa shape index (κ2) is 5.08.